The molecule has 1 heterocycles. The fourth-order valence-corrected chi connectivity index (χ4v) is 2.45. The average molecular weight is 251 g/mol. The third kappa shape index (κ3) is 3.55. The lowest BCUT2D eigenvalue weighted by Crippen LogP contribution is -2.22. The molecular weight excluding hydrogens is 226 g/mol. The Bertz CT molecular complexity index is 374. The number of nitrogens with one attached hydrogen (secondary N) is 1. The molecule has 0 amide bonds. The van der Waals surface area contributed by atoms with Crippen molar-refractivity contribution in [2.24, 2.45) is 5.41 Å². The Kier molecular flexibility index (Phi) is 4.05. The average Bonchev–Trinajstić information content (AvgIpc) is 2.75. The molecule has 4 heteroatoms. The third-order valence-electron chi connectivity index (χ3n) is 3.85. The number of hydrogen-bond acceptors (Lipinski definition) is 4. The predicted molar refractivity (Wildman–Crippen MR) is 71.3 cm³/mol. The van der Waals surface area contributed by atoms with Crippen LogP contribution in [0.2, 0.25) is 0 Å². The van der Waals surface area contributed by atoms with Crippen LogP contribution in [-0.4, -0.2) is 16.2 Å². The van der Waals surface area contributed by atoms with Gasteiger partial charge in [-0.3, -0.25) is 0 Å². The summed E-state index contributed by atoms with van der Waals surface area (Å²) in [5, 5.41) is 7.43. The number of hydrogen-bond donors (Lipinski definition) is 1. The van der Waals surface area contributed by atoms with Crippen LogP contribution in [0.1, 0.15) is 71.0 Å². The zero-order valence-electron chi connectivity index (χ0n) is 12.0. The molecule has 0 spiro atoms. The lowest BCUT2D eigenvalue weighted by molar-refractivity contribution is 0.218. The molecule has 1 aliphatic carbocycles. The van der Waals surface area contributed by atoms with Crippen molar-refractivity contribution in [1.29, 1.82) is 0 Å². The van der Waals surface area contributed by atoms with E-state index in [1.165, 1.54) is 25.7 Å². The monoisotopic (exact) mass is 251 g/mol. The second-order valence-corrected chi connectivity index (χ2v) is 6.52. The zero-order chi connectivity index (χ0) is 13.2. The van der Waals surface area contributed by atoms with Crippen LogP contribution >= 0.6 is 0 Å². The Hall–Kier alpha value is -0.900. The summed E-state index contributed by atoms with van der Waals surface area (Å²) in [6.07, 6.45) is 4.88. The highest BCUT2D eigenvalue weighted by atomic mass is 16.5. The van der Waals surface area contributed by atoms with Crippen LogP contribution in [0.5, 0.6) is 0 Å². The molecule has 1 N–H and O–H groups in total. The lowest BCUT2D eigenvalue weighted by atomic mass is 9.73. The predicted octanol–water partition coefficient (Wildman–Crippen LogP) is 3.25. The zero-order valence-corrected chi connectivity index (χ0v) is 12.0. The first-order valence-corrected chi connectivity index (χ1v) is 7.02. The van der Waals surface area contributed by atoms with Crippen LogP contribution < -0.4 is 5.32 Å². The Balaban J connectivity index is 1.90. The largest absolute Gasteiger partial charge is 0.338 e. The van der Waals surface area contributed by atoms with Crippen molar-refractivity contribution >= 4 is 0 Å². The van der Waals surface area contributed by atoms with Crippen molar-refractivity contribution < 1.29 is 4.52 Å². The van der Waals surface area contributed by atoms with Crippen molar-refractivity contribution in [2.75, 3.05) is 0 Å². The summed E-state index contributed by atoms with van der Waals surface area (Å²) in [6, 6.07) is 0.441. The minimum Gasteiger partial charge on any atom is -0.338 e. The van der Waals surface area contributed by atoms with Gasteiger partial charge in [-0.25, -0.2) is 0 Å². The van der Waals surface area contributed by atoms with Crippen LogP contribution in [0, 0.1) is 5.41 Å². The van der Waals surface area contributed by atoms with Gasteiger partial charge in [0.1, 0.15) is 0 Å². The topological polar surface area (TPSA) is 51.0 Å². The van der Waals surface area contributed by atoms with Crippen LogP contribution in [-0.2, 0) is 6.54 Å². The van der Waals surface area contributed by atoms with Crippen LogP contribution in [0.3, 0.4) is 0 Å². The van der Waals surface area contributed by atoms with E-state index in [0.29, 0.717) is 29.8 Å². The Labute approximate surface area is 110 Å². The fourth-order valence-electron chi connectivity index (χ4n) is 2.45. The van der Waals surface area contributed by atoms with Crippen molar-refractivity contribution in [3.8, 4) is 0 Å². The van der Waals surface area contributed by atoms with Crippen molar-refractivity contribution in [3.63, 3.8) is 0 Å². The molecule has 1 aromatic heterocycles. The molecule has 18 heavy (non-hydrogen) atoms. The van der Waals surface area contributed by atoms with Crippen molar-refractivity contribution in [1.82, 2.24) is 15.5 Å². The van der Waals surface area contributed by atoms with E-state index in [9.17, 15) is 0 Å². The molecule has 0 aliphatic heterocycles. The van der Waals surface area contributed by atoms with E-state index in [1.807, 2.05) is 0 Å². The number of rotatable bonds is 4. The van der Waals surface area contributed by atoms with Gasteiger partial charge in [-0.1, -0.05) is 32.9 Å². The van der Waals surface area contributed by atoms with Gasteiger partial charge in [0.2, 0.25) is 5.89 Å². The first-order chi connectivity index (χ1) is 8.46. The molecular formula is C14H25N3O. The van der Waals surface area contributed by atoms with Gasteiger partial charge in [-0.2, -0.15) is 4.98 Å². The van der Waals surface area contributed by atoms with Gasteiger partial charge in [0.05, 0.1) is 6.54 Å². The van der Waals surface area contributed by atoms with Gasteiger partial charge in [0, 0.05) is 12.0 Å². The SMILES string of the molecule is CC(C)NCc1nc(C2CCC(C)(C)CC2)no1. The number of aromatic nitrogens is 2. The van der Waals surface area contributed by atoms with Crippen LogP contribution in [0.4, 0.5) is 0 Å². The van der Waals surface area contributed by atoms with Crippen molar-refractivity contribution in [2.45, 2.75) is 71.9 Å². The summed E-state index contributed by atoms with van der Waals surface area (Å²) < 4.78 is 5.30. The molecule has 1 aromatic rings. The van der Waals surface area contributed by atoms with E-state index >= 15 is 0 Å². The standard InChI is InChI=1S/C14H25N3O/c1-10(2)15-9-12-16-13(17-18-12)11-5-7-14(3,4)8-6-11/h10-11,15H,5-9H2,1-4H3. The van der Waals surface area contributed by atoms with Gasteiger partial charge in [-0.15, -0.1) is 0 Å². The fraction of sp³-hybridized carbons (Fsp3) is 0.857. The Morgan fingerprint density at radius 3 is 2.61 bits per heavy atom. The van der Waals surface area contributed by atoms with Crippen LogP contribution in [0.25, 0.3) is 0 Å². The molecule has 0 aromatic carbocycles. The van der Waals surface area contributed by atoms with E-state index < -0.39 is 0 Å². The molecule has 1 saturated carbocycles. The highest BCUT2D eigenvalue weighted by Gasteiger charge is 2.30. The lowest BCUT2D eigenvalue weighted by Gasteiger charge is -2.32. The third-order valence-corrected chi connectivity index (χ3v) is 3.85. The summed E-state index contributed by atoms with van der Waals surface area (Å²) in [4.78, 5) is 4.51. The quantitative estimate of drug-likeness (QED) is 0.892. The summed E-state index contributed by atoms with van der Waals surface area (Å²) >= 11 is 0. The maximum absolute atomic E-state index is 5.30. The molecule has 0 unspecified atom stereocenters. The minimum absolute atomic E-state index is 0.441. The van der Waals surface area contributed by atoms with Gasteiger partial charge >= 0.3 is 0 Å². The maximum Gasteiger partial charge on any atom is 0.240 e. The van der Waals surface area contributed by atoms with Gasteiger partial charge in [0.15, 0.2) is 5.82 Å². The molecule has 4 nitrogen and oxygen atoms in total. The van der Waals surface area contributed by atoms with E-state index in [2.05, 4.69) is 43.2 Å². The summed E-state index contributed by atoms with van der Waals surface area (Å²) in [6.45, 7) is 9.58. The molecule has 2 rings (SSSR count). The smallest absolute Gasteiger partial charge is 0.240 e. The summed E-state index contributed by atoms with van der Waals surface area (Å²) in [7, 11) is 0. The highest BCUT2D eigenvalue weighted by molar-refractivity contribution is 4.99. The van der Waals surface area contributed by atoms with Crippen molar-refractivity contribution in [3.05, 3.63) is 11.7 Å². The first-order valence-electron chi connectivity index (χ1n) is 7.02. The molecule has 0 atom stereocenters. The molecule has 102 valence electrons. The molecule has 0 saturated heterocycles. The highest BCUT2D eigenvalue weighted by Crippen LogP contribution is 2.41. The first kappa shape index (κ1) is 13.5. The molecule has 0 bridgehead atoms. The second kappa shape index (κ2) is 5.39. The van der Waals surface area contributed by atoms with Gasteiger partial charge in [-0.05, 0) is 31.1 Å². The summed E-state index contributed by atoms with van der Waals surface area (Å²) in [5.74, 6) is 2.11. The Morgan fingerprint density at radius 1 is 1.33 bits per heavy atom. The van der Waals surface area contributed by atoms with E-state index in [0.717, 1.165) is 5.82 Å². The maximum atomic E-state index is 5.30. The van der Waals surface area contributed by atoms with Gasteiger partial charge < -0.3 is 9.84 Å². The number of nitrogens with zero attached hydrogens (tertiary/aromatic N) is 2. The van der Waals surface area contributed by atoms with Crippen LogP contribution in [0.15, 0.2) is 4.52 Å². The molecule has 1 fully saturated rings. The second-order valence-electron chi connectivity index (χ2n) is 6.52. The van der Waals surface area contributed by atoms with E-state index in [-0.39, 0.29) is 0 Å². The Morgan fingerprint density at radius 2 is 2.00 bits per heavy atom. The molecule has 0 radical (unpaired) electrons. The normalized spacial score (nSPS) is 20.5. The van der Waals surface area contributed by atoms with E-state index in [1.54, 1.807) is 0 Å². The molecule has 1 aliphatic rings. The van der Waals surface area contributed by atoms with Gasteiger partial charge in [0.25, 0.3) is 0 Å². The minimum atomic E-state index is 0.441. The summed E-state index contributed by atoms with van der Waals surface area (Å²) in [5.41, 5.74) is 0.488. The van der Waals surface area contributed by atoms with E-state index in [4.69, 9.17) is 4.52 Å².